The Morgan fingerprint density at radius 3 is 2.71 bits per heavy atom. The fourth-order valence-electron chi connectivity index (χ4n) is 2.40. The van der Waals surface area contributed by atoms with Gasteiger partial charge in [0.25, 0.3) is 0 Å². The van der Waals surface area contributed by atoms with Crippen molar-refractivity contribution in [3.63, 3.8) is 0 Å². The van der Waals surface area contributed by atoms with Crippen molar-refractivity contribution < 1.29 is 23.1 Å². The molecular formula is C13H16F3N3O2. The minimum atomic E-state index is -4.45. The van der Waals surface area contributed by atoms with Crippen molar-refractivity contribution in [1.82, 2.24) is 9.88 Å². The van der Waals surface area contributed by atoms with Crippen LogP contribution in [0, 0.1) is 0 Å². The van der Waals surface area contributed by atoms with Crippen LogP contribution in [0.3, 0.4) is 0 Å². The van der Waals surface area contributed by atoms with Crippen LogP contribution in [0.1, 0.15) is 12.0 Å². The van der Waals surface area contributed by atoms with Gasteiger partial charge in [0.1, 0.15) is 5.82 Å². The lowest BCUT2D eigenvalue weighted by Crippen LogP contribution is -2.35. The Balaban J connectivity index is 2.14. The van der Waals surface area contributed by atoms with E-state index in [9.17, 15) is 18.0 Å². The van der Waals surface area contributed by atoms with Gasteiger partial charge in [-0.15, -0.1) is 0 Å². The average molecular weight is 303 g/mol. The number of carboxylic acid groups (broad SMARTS) is 1. The van der Waals surface area contributed by atoms with Crippen LogP contribution in [0.5, 0.6) is 0 Å². The first-order chi connectivity index (χ1) is 9.88. The minimum Gasteiger partial charge on any atom is -0.480 e. The number of pyridine rings is 1. The van der Waals surface area contributed by atoms with Crippen molar-refractivity contribution in [2.45, 2.75) is 12.6 Å². The standard InChI is InChI=1S/C13H16F3N3O2/c14-13(15,16)10-3-1-4-17-12(10)19-6-2-5-18(7-8-19)9-11(20)21/h1,3-4H,2,5-9H2,(H,20,21). The number of hydrogen-bond donors (Lipinski definition) is 1. The van der Waals surface area contributed by atoms with Crippen LogP contribution in [0.25, 0.3) is 0 Å². The number of nitrogens with zero attached hydrogens (tertiary/aromatic N) is 3. The Labute approximate surface area is 120 Å². The quantitative estimate of drug-likeness (QED) is 0.921. The maximum Gasteiger partial charge on any atom is 0.419 e. The van der Waals surface area contributed by atoms with Crippen LogP contribution in [0.2, 0.25) is 0 Å². The number of halogens is 3. The summed E-state index contributed by atoms with van der Waals surface area (Å²) in [7, 11) is 0. The number of aromatic nitrogens is 1. The minimum absolute atomic E-state index is 0.0813. The van der Waals surface area contributed by atoms with Crippen LogP contribution < -0.4 is 4.90 Å². The summed E-state index contributed by atoms with van der Waals surface area (Å²) >= 11 is 0. The molecule has 5 nitrogen and oxygen atoms in total. The molecule has 2 heterocycles. The molecule has 1 aromatic rings. The lowest BCUT2D eigenvalue weighted by atomic mass is 10.2. The lowest BCUT2D eigenvalue weighted by Gasteiger charge is -2.25. The number of carboxylic acids is 1. The normalized spacial score (nSPS) is 17.6. The molecule has 0 spiro atoms. The third kappa shape index (κ3) is 4.07. The van der Waals surface area contributed by atoms with Gasteiger partial charge in [0.15, 0.2) is 0 Å². The van der Waals surface area contributed by atoms with Gasteiger partial charge in [-0.2, -0.15) is 13.2 Å². The summed E-state index contributed by atoms with van der Waals surface area (Å²) < 4.78 is 39.0. The highest BCUT2D eigenvalue weighted by atomic mass is 19.4. The average Bonchev–Trinajstić information content (AvgIpc) is 2.63. The van der Waals surface area contributed by atoms with E-state index in [0.29, 0.717) is 32.6 Å². The second kappa shape index (κ2) is 6.30. The molecule has 0 radical (unpaired) electrons. The summed E-state index contributed by atoms with van der Waals surface area (Å²) in [6.07, 6.45) is -2.51. The molecule has 2 rings (SSSR count). The zero-order chi connectivity index (χ0) is 15.5. The summed E-state index contributed by atoms with van der Waals surface area (Å²) in [5.74, 6) is -1.01. The molecule has 0 amide bonds. The summed E-state index contributed by atoms with van der Waals surface area (Å²) in [6.45, 7) is 1.61. The van der Waals surface area contributed by atoms with Gasteiger partial charge in [0, 0.05) is 32.4 Å². The van der Waals surface area contributed by atoms with Gasteiger partial charge in [-0.3, -0.25) is 9.69 Å². The van der Waals surface area contributed by atoms with E-state index >= 15 is 0 Å². The molecule has 21 heavy (non-hydrogen) atoms. The summed E-state index contributed by atoms with van der Waals surface area (Å²) in [5.41, 5.74) is -0.753. The number of aliphatic carboxylic acids is 1. The Morgan fingerprint density at radius 2 is 2.05 bits per heavy atom. The first kappa shape index (κ1) is 15.6. The van der Waals surface area contributed by atoms with Gasteiger partial charge in [0.05, 0.1) is 12.1 Å². The predicted molar refractivity (Wildman–Crippen MR) is 70.1 cm³/mol. The SMILES string of the molecule is O=C(O)CN1CCCN(c2ncccc2C(F)(F)F)CC1. The highest BCUT2D eigenvalue weighted by molar-refractivity contribution is 5.69. The van der Waals surface area contributed by atoms with E-state index in [1.54, 1.807) is 9.80 Å². The molecule has 0 unspecified atom stereocenters. The molecule has 0 bridgehead atoms. The first-order valence-electron chi connectivity index (χ1n) is 6.59. The number of rotatable bonds is 3. The number of hydrogen-bond acceptors (Lipinski definition) is 4. The van der Waals surface area contributed by atoms with Crippen LogP contribution in [-0.4, -0.2) is 53.7 Å². The van der Waals surface area contributed by atoms with Crippen LogP contribution in [-0.2, 0) is 11.0 Å². The maximum atomic E-state index is 13.0. The Hall–Kier alpha value is -1.83. The molecule has 116 valence electrons. The largest absolute Gasteiger partial charge is 0.480 e. The van der Waals surface area contributed by atoms with Crippen molar-refractivity contribution in [2.24, 2.45) is 0 Å². The second-order valence-electron chi connectivity index (χ2n) is 4.88. The van der Waals surface area contributed by atoms with E-state index < -0.39 is 17.7 Å². The van der Waals surface area contributed by atoms with Gasteiger partial charge in [0.2, 0.25) is 0 Å². The van der Waals surface area contributed by atoms with E-state index in [4.69, 9.17) is 5.11 Å². The first-order valence-corrected chi connectivity index (χ1v) is 6.59. The zero-order valence-electron chi connectivity index (χ0n) is 11.3. The van der Waals surface area contributed by atoms with Gasteiger partial charge in [-0.05, 0) is 18.6 Å². The van der Waals surface area contributed by atoms with Crippen LogP contribution in [0.15, 0.2) is 18.3 Å². The summed E-state index contributed by atoms with van der Waals surface area (Å²) in [5, 5.41) is 8.77. The van der Waals surface area contributed by atoms with E-state index in [-0.39, 0.29) is 12.4 Å². The van der Waals surface area contributed by atoms with Crippen LogP contribution in [0.4, 0.5) is 19.0 Å². The molecule has 0 atom stereocenters. The highest BCUT2D eigenvalue weighted by Crippen LogP contribution is 2.35. The number of carbonyl (C=O) groups is 1. The van der Waals surface area contributed by atoms with Gasteiger partial charge in [-0.25, -0.2) is 4.98 Å². The molecule has 0 saturated carbocycles. The van der Waals surface area contributed by atoms with Crippen LogP contribution >= 0.6 is 0 Å². The highest BCUT2D eigenvalue weighted by Gasteiger charge is 2.35. The maximum absolute atomic E-state index is 13.0. The molecule has 8 heteroatoms. The Kier molecular flexibility index (Phi) is 4.66. The molecule has 0 aromatic carbocycles. The van der Waals surface area contributed by atoms with Crippen molar-refractivity contribution in [3.05, 3.63) is 23.9 Å². The smallest absolute Gasteiger partial charge is 0.419 e. The van der Waals surface area contributed by atoms with Crippen molar-refractivity contribution in [1.29, 1.82) is 0 Å². The van der Waals surface area contributed by atoms with Crippen molar-refractivity contribution in [3.8, 4) is 0 Å². The molecular weight excluding hydrogens is 287 g/mol. The fourth-order valence-corrected chi connectivity index (χ4v) is 2.40. The third-order valence-corrected chi connectivity index (χ3v) is 3.34. The van der Waals surface area contributed by atoms with Crippen molar-refractivity contribution >= 4 is 11.8 Å². The fraction of sp³-hybridized carbons (Fsp3) is 0.538. The molecule has 1 saturated heterocycles. The predicted octanol–water partition coefficient (Wildman–Crippen LogP) is 1.70. The molecule has 1 N–H and O–H groups in total. The van der Waals surface area contributed by atoms with Gasteiger partial charge in [-0.1, -0.05) is 0 Å². The molecule has 1 fully saturated rings. The van der Waals surface area contributed by atoms with E-state index in [1.807, 2.05) is 0 Å². The summed E-state index contributed by atoms with van der Waals surface area (Å²) in [4.78, 5) is 17.9. The molecule has 1 aliphatic rings. The topological polar surface area (TPSA) is 56.7 Å². The lowest BCUT2D eigenvalue weighted by molar-refractivity contribution is -0.138. The van der Waals surface area contributed by atoms with Gasteiger partial charge < -0.3 is 10.0 Å². The second-order valence-corrected chi connectivity index (χ2v) is 4.88. The molecule has 0 aliphatic carbocycles. The summed E-state index contributed by atoms with van der Waals surface area (Å²) in [6, 6.07) is 2.28. The monoisotopic (exact) mass is 303 g/mol. The number of anilines is 1. The van der Waals surface area contributed by atoms with E-state index in [0.717, 1.165) is 6.07 Å². The molecule has 1 aromatic heterocycles. The Morgan fingerprint density at radius 1 is 1.29 bits per heavy atom. The van der Waals surface area contributed by atoms with E-state index in [1.165, 1.54) is 12.3 Å². The van der Waals surface area contributed by atoms with E-state index in [2.05, 4.69) is 4.98 Å². The Bertz CT molecular complexity index is 508. The van der Waals surface area contributed by atoms with Gasteiger partial charge >= 0.3 is 12.1 Å². The molecule has 1 aliphatic heterocycles. The third-order valence-electron chi connectivity index (χ3n) is 3.34. The zero-order valence-corrected chi connectivity index (χ0v) is 11.3. The van der Waals surface area contributed by atoms with Crippen molar-refractivity contribution in [2.75, 3.05) is 37.6 Å². The number of alkyl halides is 3.